The molecule has 1 atom stereocenters. The predicted molar refractivity (Wildman–Crippen MR) is 156 cm³/mol. The van der Waals surface area contributed by atoms with Gasteiger partial charge < -0.3 is 14.4 Å². The number of anilines is 1. The van der Waals surface area contributed by atoms with Crippen LogP contribution >= 0.6 is 0 Å². The monoisotopic (exact) mass is 526 g/mol. The van der Waals surface area contributed by atoms with Crippen molar-refractivity contribution in [3.05, 3.63) is 58.9 Å². The average Bonchev–Trinajstić information content (AvgIpc) is 3.44. The van der Waals surface area contributed by atoms with Crippen molar-refractivity contribution >= 4 is 16.5 Å². The second-order valence-corrected chi connectivity index (χ2v) is 12.1. The summed E-state index contributed by atoms with van der Waals surface area (Å²) >= 11 is 0. The fourth-order valence-electron chi connectivity index (χ4n) is 7.84. The molecule has 39 heavy (non-hydrogen) atoms. The summed E-state index contributed by atoms with van der Waals surface area (Å²) < 4.78 is 12.4. The first-order valence-corrected chi connectivity index (χ1v) is 15.3. The van der Waals surface area contributed by atoms with Crippen molar-refractivity contribution in [2.45, 2.75) is 82.7 Å². The SMILES string of the molecule is CCc1cccc2cccc(N3CCc4c(nc(OCC56CCCN5CCC6)nc4C4CCCOCC4)C3)c12. The van der Waals surface area contributed by atoms with Crippen LogP contribution in [0.5, 0.6) is 6.01 Å². The van der Waals surface area contributed by atoms with Gasteiger partial charge in [0.15, 0.2) is 0 Å². The van der Waals surface area contributed by atoms with Gasteiger partial charge in [-0.15, -0.1) is 0 Å². The van der Waals surface area contributed by atoms with Crippen molar-refractivity contribution in [3.63, 3.8) is 0 Å². The summed E-state index contributed by atoms with van der Waals surface area (Å²) in [5, 5.41) is 2.71. The molecule has 3 aromatic rings. The second-order valence-electron chi connectivity index (χ2n) is 12.1. The number of ether oxygens (including phenoxy) is 2. The van der Waals surface area contributed by atoms with Gasteiger partial charge in [-0.25, -0.2) is 0 Å². The van der Waals surface area contributed by atoms with Gasteiger partial charge in [0.2, 0.25) is 0 Å². The van der Waals surface area contributed by atoms with E-state index in [1.807, 2.05) is 0 Å². The molecular weight excluding hydrogens is 484 g/mol. The number of hydrogen-bond acceptors (Lipinski definition) is 6. The highest BCUT2D eigenvalue weighted by atomic mass is 16.5. The Hall–Kier alpha value is -2.70. The molecule has 7 rings (SSSR count). The molecule has 206 valence electrons. The Kier molecular flexibility index (Phi) is 6.94. The van der Waals surface area contributed by atoms with E-state index in [1.54, 1.807) is 0 Å². The van der Waals surface area contributed by atoms with Gasteiger partial charge in [0, 0.05) is 36.8 Å². The summed E-state index contributed by atoms with van der Waals surface area (Å²) in [6.45, 7) is 8.86. The van der Waals surface area contributed by atoms with Gasteiger partial charge in [0.1, 0.15) is 6.61 Å². The quantitative estimate of drug-likeness (QED) is 0.390. The summed E-state index contributed by atoms with van der Waals surface area (Å²) in [6.07, 6.45) is 10.3. The molecule has 0 N–H and O–H groups in total. The van der Waals surface area contributed by atoms with E-state index in [1.165, 1.54) is 72.1 Å². The largest absolute Gasteiger partial charge is 0.461 e. The lowest BCUT2D eigenvalue weighted by molar-refractivity contribution is 0.107. The molecule has 4 aliphatic rings. The second kappa shape index (κ2) is 10.7. The van der Waals surface area contributed by atoms with Crippen LogP contribution in [0, 0.1) is 0 Å². The van der Waals surface area contributed by atoms with Gasteiger partial charge in [-0.05, 0) is 93.5 Å². The fourth-order valence-corrected chi connectivity index (χ4v) is 7.84. The third-order valence-corrected chi connectivity index (χ3v) is 9.89. The zero-order valence-corrected chi connectivity index (χ0v) is 23.5. The Balaban J connectivity index is 1.23. The van der Waals surface area contributed by atoms with Crippen LogP contribution in [0.2, 0.25) is 0 Å². The first kappa shape index (κ1) is 25.3. The number of aryl methyl sites for hydroxylation is 1. The molecule has 0 radical (unpaired) electrons. The first-order chi connectivity index (χ1) is 19.2. The summed E-state index contributed by atoms with van der Waals surface area (Å²) in [5.41, 5.74) is 6.69. The van der Waals surface area contributed by atoms with E-state index >= 15 is 0 Å². The third kappa shape index (κ3) is 4.70. The average molecular weight is 527 g/mol. The van der Waals surface area contributed by atoms with E-state index in [0.29, 0.717) is 18.5 Å². The molecule has 6 heteroatoms. The highest BCUT2D eigenvalue weighted by molar-refractivity contribution is 5.97. The maximum Gasteiger partial charge on any atom is 0.316 e. The molecular formula is C33H42N4O2. The predicted octanol–water partition coefficient (Wildman–Crippen LogP) is 6.05. The third-order valence-electron chi connectivity index (χ3n) is 9.89. The summed E-state index contributed by atoms with van der Waals surface area (Å²) in [5.74, 6) is 0.426. The summed E-state index contributed by atoms with van der Waals surface area (Å²) in [6, 6.07) is 14.0. The van der Waals surface area contributed by atoms with Crippen LogP contribution in [-0.2, 0) is 24.1 Å². The van der Waals surface area contributed by atoms with Gasteiger partial charge in [-0.3, -0.25) is 4.90 Å². The highest BCUT2D eigenvalue weighted by Gasteiger charge is 2.45. The number of hydrogen-bond donors (Lipinski definition) is 0. The Morgan fingerprint density at radius 1 is 0.974 bits per heavy atom. The number of aromatic nitrogens is 2. The zero-order chi connectivity index (χ0) is 26.2. The lowest BCUT2D eigenvalue weighted by Crippen LogP contribution is -2.43. The van der Waals surface area contributed by atoms with Crippen molar-refractivity contribution in [1.82, 2.24) is 14.9 Å². The van der Waals surface area contributed by atoms with Crippen LogP contribution in [-0.4, -0.2) is 59.9 Å². The number of rotatable bonds is 6. The smallest absolute Gasteiger partial charge is 0.316 e. The molecule has 1 unspecified atom stereocenters. The molecule has 1 aromatic heterocycles. The van der Waals surface area contributed by atoms with Crippen molar-refractivity contribution in [3.8, 4) is 6.01 Å². The zero-order valence-electron chi connectivity index (χ0n) is 23.5. The van der Waals surface area contributed by atoms with E-state index in [-0.39, 0.29) is 5.54 Å². The Morgan fingerprint density at radius 3 is 2.67 bits per heavy atom. The maximum atomic E-state index is 6.56. The van der Waals surface area contributed by atoms with Gasteiger partial charge in [0.25, 0.3) is 0 Å². The highest BCUT2D eigenvalue weighted by Crippen LogP contribution is 2.40. The maximum absolute atomic E-state index is 6.56. The lowest BCUT2D eigenvalue weighted by Gasteiger charge is -2.34. The van der Waals surface area contributed by atoms with Gasteiger partial charge in [0.05, 0.1) is 23.5 Å². The number of benzene rings is 2. The molecule has 4 aliphatic heterocycles. The van der Waals surface area contributed by atoms with Crippen LogP contribution in [0.1, 0.15) is 80.3 Å². The Bertz CT molecular complexity index is 1320. The van der Waals surface area contributed by atoms with E-state index in [9.17, 15) is 0 Å². The molecule has 2 aromatic carbocycles. The van der Waals surface area contributed by atoms with Gasteiger partial charge >= 0.3 is 6.01 Å². The minimum Gasteiger partial charge on any atom is -0.461 e. The number of fused-ring (bicyclic) bond motifs is 3. The standard InChI is InChI=1S/C33H42N4O2/c1-2-24-8-3-9-25-10-4-12-29(30(24)25)36-19-13-27-28(22-36)34-32(35-31(27)26-11-5-20-38-21-14-26)39-23-33-15-6-17-37(33)18-7-16-33/h3-4,8-10,12,26H,2,5-7,11,13-23H2,1H3. The van der Waals surface area contributed by atoms with Crippen LogP contribution < -0.4 is 9.64 Å². The molecule has 0 aliphatic carbocycles. The molecule has 3 saturated heterocycles. The fraction of sp³-hybridized carbons (Fsp3) is 0.576. The van der Waals surface area contributed by atoms with Gasteiger partial charge in [-0.1, -0.05) is 37.3 Å². The molecule has 0 amide bonds. The Labute approximate surface area is 232 Å². The summed E-state index contributed by atoms with van der Waals surface area (Å²) in [7, 11) is 0. The Morgan fingerprint density at radius 2 is 1.82 bits per heavy atom. The van der Waals surface area contributed by atoms with Crippen LogP contribution in [0.15, 0.2) is 36.4 Å². The van der Waals surface area contributed by atoms with Crippen molar-refractivity contribution in [2.24, 2.45) is 0 Å². The van der Waals surface area contributed by atoms with Crippen LogP contribution in [0.3, 0.4) is 0 Å². The van der Waals surface area contributed by atoms with Crippen molar-refractivity contribution in [1.29, 1.82) is 0 Å². The summed E-state index contributed by atoms with van der Waals surface area (Å²) in [4.78, 5) is 15.5. The normalized spacial score (nSPS) is 23.0. The van der Waals surface area contributed by atoms with Gasteiger partial charge in [-0.2, -0.15) is 9.97 Å². The van der Waals surface area contributed by atoms with Crippen molar-refractivity contribution < 1.29 is 9.47 Å². The first-order valence-electron chi connectivity index (χ1n) is 15.3. The van der Waals surface area contributed by atoms with Crippen LogP contribution in [0.4, 0.5) is 5.69 Å². The topological polar surface area (TPSA) is 50.7 Å². The molecule has 6 nitrogen and oxygen atoms in total. The van der Waals surface area contributed by atoms with E-state index < -0.39 is 0 Å². The van der Waals surface area contributed by atoms with Crippen LogP contribution in [0.25, 0.3) is 10.8 Å². The lowest BCUT2D eigenvalue weighted by atomic mass is 9.89. The van der Waals surface area contributed by atoms with E-state index in [2.05, 4.69) is 53.1 Å². The minimum atomic E-state index is 0.196. The molecule has 0 saturated carbocycles. The molecule has 0 spiro atoms. The van der Waals surface area contributed by atoms with E-state index in [0.717, 1.165) is 64.1 Å². The molecule has 3 fully saturated rings. The van der Waals surface area contributed by atoms with Crippen molar-refractivity contribution in [2.75, 3.05) is 44.4 Å². The number of nitrogens with zero attached hydrogens (tertiary/aromatic N) is 4. The molecule has 0 bridgehead atoms. The minimum absolute atomic E-state index is 0.196. The van der Waals surface area contributed by atoms with E-state index in [4.69, 9.17) is 19.4 Å². The molecule has 5 heterocycles.